The topological polar surface area (TPSA) is 54.7 Å². The summed E-state index contributed by atoms with van der Waals surface area (Å²) in [4.78, 5) is 11.6. The Bertz CT molecular complexity index is 1450. The van der Waals surface area contributed by atoms with Gasteiger partial charge in [-0.05, 0) is 73.7 Å². The second kappa shape index (κ2) is 9.26. The van der Waals surface area contributed by atoms with Crippen LogP contribution in [-0.4, -0.2) is 53.6 Å². The van der Waals surface area contributed by atoms with Crippen molar-refractivity contribution in [1.82, 2.24) is 19.8 Å². The first-order valence-corrected chi connectivity index (χ1v) is 13.2. The average Bonchev–Trinajstić information content (AvgIpc) is 3.33. The van der Waals surface area contributed by atoms with Gasteiger partial charge in [0.1, 0.15) is 11.6 Å². The number of nitrogens with one attached hydrogen (secondary N) is 1. The summed E-state index contributed by atoms with van der Waals surface area (Å²) < 4.78 is 47.5. The SMILES string of the molecule is COc1cc(/C=C2\CC3(CNC3)CN3C2=NCCC3(C)c2ccc(C(F)(F)F)cc2)ccc1-n1cnc(C)c1. The Morgan fingerprint density at radius 2 is 1.87 bits per heavy atom. The number of fused-ring (bicyclic) bond motifs is 1. The Balaban J connectivity index is 1.38. The van der Waals surface area contributed by atoms with E-state index in [4.69, 9.17) is 9.73 Å². The highest BCUT2D eigenvalue weighted by Gasteiger charge is 2.50. The van der Waals surface area contributed by atoms with Crippen molar-refractivity contribution in [3.8, 4) is 11.4 Å². The third-order valence-corrected chi connectivity index (χ3v) is 8.43. The van der Waals surface area contributed by atoms with Gasteiger partial charge in [0.2, 0.25) is 0 Å². The summed E-state index contributed by atoms with van der Waals surface area (Å²) in [5, 5.41) is 3.44. The van der Waals surface area contributed by atoms with E-state index in [-0.39, 0.29) is 5.41 Å². The number of alkyl halides is 3. The molecular formula is C30H32F3N5O. The lowest BCUT2D eigenvalue weighted by Gasteiger charge is -2.57. The van der Waals surface area contributed by atoms with Gasteiger partial charge in [-0.15, -0.1) is 0 Å². The monoisotopic (exact) mass is 535 g/mol. The van der Waals surface area contributed by atoms with E-state index in [0.717, 1.165) is 72.1 Å². The fourth-order valence-corrected chi connectivity index (χ4v) is 6.13. The first-order chi connectivity index (χ1) is 18.6. The molecule has 0 bridgehead atoms. The first kappa shape index (κ1) is 25.7. The number of amidine groups is 1. The minimum Gasteiger partial charge on any atom is -0.495 e. The summed E-state index contributed by atoms with van der Waals surface area (Å²) in [6, 6.07) is 11.8. The summed E-state index contributed by atoms with van der Waals surface area (Å²) in [6.07, 6.45) is 3.20. The second-order valence-corrected chi connectivity index (χ2v) is 11.2. The number of piperidine rings is 1. The Kier molecular flexibility index (Phi) is 6.10. The van der Waals surface area contributed by atoms with Gasteiger partial charge in [-0.1, -0.05) is 18.2 Å². The third-order valence-electron chi connectivity index (χ3n) is 8.43. The van der Waals surface area contributed by atoms with Crippen LogP contribution in [-0.2, 0) is 11.7 Å². The van der Waals surface area contributed by atoms with E-state index in [2.05, 4.69) is 34.3 Å². The van der Waals surface area contributed by atoms with Crippen LogP contribution in [0.25, 0.3) is 11.8 Å². The molecule has 0 radical (unpaired) electrons. The molecule has 2 saturated heterocycles. The van der Waals surface area contributed by atoms with Crippen LogP contribution in [0.15, 0.2) is 65.6 Å². The van der Waals surface area contributed by atoms with Crippen LogP contribution in [0.4, 0.5) is 13.2 Å². The lowest BCUT2D eigenvalue weighted by molar-refractivity contribution is -0.137. The van der Waals surface area contributed by atoms with E-state index in [9.17, 15) is 13.2 Å². The lowest BCUT2D eigenvalue weighted by Crippen LogP contribution is -2.66. The summed E-state index contributed by atoms with van der Waals surface area (Å²) in [5.41, 5.74) is 3.86. The molecule has 1 spiro atoms. The lowest BCUT2D eigenvalue weighted by atomic mass is 9.69. The van der Waals surface area contributed by atoms with E-state index < -0.39 is 17.3 Å². The Morgan fingerprint density at radius 3 is 2.49 bits per heavy atom. The van der Waals surface area contributed by atoms with E-state index in [1.54, 1.807) is 25.6 Å². The van der Waals surface area contributed by atoms with Gasteiger partial charge in [-0.2, -0.15) is 13.2 Å². The minimum absolute atomic E-state index is 0.0632. The van der Waals surface area contributed by atoms with Gasteiger partial charge in [-0.3, -0.25) is 4.99 Å². The van der Waals surface area contributed by atoms with Gasteiger partial charge in [0, 0.05) is 37.8 Å². The summed E-state index contributed by atoms with van der Waals surface area (Å²) in [5.74, 6) is 1.68. The number of aryl methyl sites for hydroxylation is 1. The Morgan fingerprint density at radius 1 is 1.10 bits per heavy atom. The molecule has 3 aromatic rings. The van der Waals surface area contributed by atoms with Crippen molar-refractivity contribution in [2.75, 3.05) is 33.3 Å². The zero-order valence-electron chi connectivity index (χ0n) is 22.3. The quantitative estimate of drug-likeness (QED) is 0.472. The number of nitrogens with zero attached hydrogens (tertiary/aromatic N) is 4. The van der Waals surface area contributed by atoms with Gasteiger partial charge in [0.05, 0.1) is 35.9 Å². The van der Waals surface area contributed by atoms with E-state index >= 15 is 0 Å². The standard InChI is InChI=1S/C30H32F3N5O/c1-20-15-37(19-36-20)25-9-4-21(13-26(25)39-3)12-22-14-29(16-34-17-29)18-38-27(22)35-11-10-28(38,2)23-5-7-24(8-6-23)30(31,32)33/h4-9,12-13,15,19,34H,10-11,14,16-18H2,1-3H3/b22-12+. The van der Waals surface area contributed by atoms with Crippen LogP contribution < -0.4 is 10.1 Å². The normalized spacial score (nSPS) is 23.4. The zero-order chi connectivity index (χ0) is 27.4. The van der Waals surface area contributed by atoms with Gasteiger partial charge in [-0.25, -0.2) is 4.98 Å². The predicted molar refractivity (Wildman–Crippen MR) is 145 cm³/mol. The Labute approximate surface area is 226 Å². The highest BCUT2D eigenvalue weighted by molar-refractivity contribution is 6.04. The fraction of sp³-hybridized carbons (Fsp3) is 0.400. The molecule has 39 heavy (non-hydrogen) atoms. The molecule has 1 atom stereocenters. The van der Waals surface area contributed by atoms with Crippen LogP contribution in [0.2, 0.25) is 0 Å². The number of hydrogen-bond acceptors (Lipinski definition) is 5. The summed E-state index contributed by atoms with van der Waals surface area (Å²) >= 11 is 0. The van der Waals surface area contributed by atoms with Crippen molar-refractivity contribution in [1.29, 1.82) is 0 Å². The molecule has 1 unspecified atom stereocenters. The fourth-order valence-electron chi connectivity index (χ4n) is 6.13. The number of aromatic nitrogens is 2. The number of halogens is 3. The molecule has 0 aliphatic carbocycles. The Hall–Kier alpha value is -3.59. The van der Waals surface area contributed by atoms with Crippen molar-refractivity contribution in [3.63, 3.8) is 0 Å². The molecule has 2 fully saturated rings. The van der Waals surface area contributed by atoms with Crippen molar-refractivity contribution in [2.24, 2.45) is 10.4 Å². The number of hydrogen-bond donors (Lipinski definition) is 1. The minimum atomic E-state index is -4.35. The van der Waals surface area contributed by atoms with Gasteiger partial charge < -0.3 is 19.5 Å². The van der Waals surface area contributed by atoms with Crippen molar-refractivity contribution < 1.29 is 17.9 Å². The summed E-state index contributed by atoms with van der Waals surface area (Å²) in [6.45, 7) is 7.33. The third kappa shape index (κ3) is 4.52. The number of imidazole rings is 1. The molecule has 2 aromatic carbocycles. The molecule has 0 amide bonds. The molecule has 0 saturated carbocycles. The second-order valence-electron chi connectivity index (χ2n) is 11.2. The highest BCUT2D eigenvalue weighted by Crippen LogP contribution is 2.46. The van der Waals surface area contributed by atoms with E-state index in [0.29, 0.717) is 6.54 Å². The molecule has 204 valence electrons. The van der Waals surface area contributed by atoms with Crippen molar-refractivity contribution >= 4 is 11.9 Å². The molecular weight excluding hydrogens is 503 g/mol. The van der Waals surface area contributed by atoms with Gasteiger partial charge in [0.15, 0.2) is 0 Å². The molecule has 3 aliphatic rings. The largest absolute Gasteiger partial charge is 0.495 e. The zero-order valence-corrected chi connectivity index (χ0v) is 22.3. The van der Waals surface area contributed by atoms with Gasteiger partial charge in [0.25, 0.3) is 0 Å². The number of aliphatic imine (C=N–C) groups is 1. The number of methoxy groups -OCH3 is 1. The van der Waals surface area contributed by atoms with E-state index in [1.807, 2.05) is 29.8 Å². The first-order valence-electron chi connectivity index (χ1n) is 13.2. The molecule has 1 N–H and O–H groups in total. The number of rotatable bonds is 4. The predicted octanol–water partition coefficient (Wildman–Crippen LogP) is 5.60. The van der Waals surface area contributed by atoms with Gasteiger partial charge >= 0.3 is 6.18 Å². The van der Waals surface area contributed by atoms with E-state index in [1.165, 1.54) is 12.1 Å². The van der Waals surface area contributed by atoms with Crippen LogP contribution in [0, 0.1) is 12.3 Å². The molecule has 6 nitrogen and oxygen atoms in total. The van der Waals surface area contributed by atoms with Crippen LogP contribution in [0.3, 0.4) is 0 Å². The number of benzene rings is 2. The maximum absolute atomic E-state index is 13.3. The maximum Gasteiger partial charge on any atom is 0.416 e. The molecule has 3 aliphatic heterocycles. The van der Waals surface area contributed by atoms with Crippen molar-refractivity contribution in [2.45, 2.75) is 38.4 Å². The smallest absolute Gasteiger partial charge is 0.416 e. The van der Waals surface area contributed by atoms with Crippen LogP contribution >= 0.6 is 0 Å². The van der Waals surface area contributed by atoms with Crippen LogP contribution in [0.1, 0.15) is 42.1 Å². The summed E-state index contributed by atoms with van der Waals surface area (Å²) in [7, 11) is 1.66. The molecule has 4 heterocycles. The molecule has 6 rings (SSSR count). The highest BCUT2D eigenvalue weighted by atomic mass is 19.4. The van der Waals surface area contributed by atoms with Crippen LogP contribution in [0.5, 0.6) is 5.75 Å². The maximum atomic E-state index is 13.3. The molecule has 1 aromatic heterocycles. The molecule has 9 heteroatoms. The average molecular weight is 536 g/mol. The van der Waals surface area contributed by atoms with Crippen molar-refractivity contribution in [3.05, 3.63) is 82.9 Å². The number of ether oxygens (including phenoxy) is 1.